The van der Waals surface area contributed by atoms with E-state index in [0.717, 1.165) is 0 Å². The van der Waals surface area contributed by atoms with E-state index < -0.39 is 41.1 Å². The highest BCUT2D eigenvalue weighted by molar-refractivity contribution is 6.30. The summed E-state index contributed by atoms with van der Waals surface area (Å²) in [6.07, 6.45) is 0.531. The van der Waals surface area contributed by atoms with Crippen molar-refractivity contribution in [3.8, 4) is 0 Å². The number of carboxylic acids is 1. The van der Waals surface area contributed by atoms with Crippen molar-refractivity contribution < 1.29 is 18.7 Å². The number of hydrogen-bond acceptors (Lipinski definition) is 3. The Hall–Kier alpha value is -2.02. The summed E-state index contributed by atoms with van der Waals surface area (Å²) in [5.74, 6) is -3.21. The summed E-state index contributed by atoms with van der Waals surface area (Å²) in [6.45, 7) is 6.05. The molecule has 7 heteroatoms. The molecule has 1 aliphatic heterocycles. The van der Waals surface area contributed by atoms with Gasteiger partial charge in [0.05, 0.1) is 10.6 Å². The Balaban J connectivity index is 2.25. The van der Waals surface area contributed by atoms with Crippen LogP contribution >= 0.6 is 11.6 Å². The molecular formula is C22H25ClF2N2O2. The summed E-state index contributed by atoms with van der Waals surface area (Å²) in [5.41, 5.74) is 6.13. The van der Waals surface area contributed by atoms with Gasteiger partial charge in [0.25, 0.3) is 0 Å². The topological polar surface area (TPSA) is 75.3 Å². The Morgan fingerprint density at radius 3 is 2.38 bits per heavy atom. The van der Waals surface area contributed by atoms with Gasteiger partial charge in [-0.1, -0.05) is 56.6 Å². The molecule has 0 radical (unpaired) electrons. The largest absolute Gasteiger partial charge is 0.480 e. The first-order valence-corrected chi connectivity index (χ1v) is 9.80. The molecule has 29 heavy (non-hydrogen) atoms. The molecule has 1 unspecified atom stereocenters. The molecule has 2 aromatic rings. The number of halogens is 3. The molecule has 1 heterocycles. The zero-order valence-electron chi connectivity index (χ0n) is 16.5. The Kier molecular flexibility index (Phi) is 5.73. The molecular weight excluding hydrogens is 398 g/mol. The van der Waals surface area contributed by atoms with Crippen molar-refractivity contribution >= 4 is 17.6 Å². The molecule has 0 saturated carbocycles. The van der Waals surface area contributed by atoms with Gasteiger partial charge in [0, 0.05) is 12.0 Å². The maximum atomic E-state index is 15.0. The molecule has 0 amide bonds. The van der Waals surface area contributed by atoms with Gasteiger partial charge in [-0.3, -0.25) is 10.1 Å². The zero-order chi connectivity index (χ0) is 21.6. The Morgan fingerprint density at radius 1 is 1.21 bits per heavy atom. The average Bonchev–Trinajstić information content (AvgIpc) is 2.90. The van der Waals surface area contributed by atoms with E-state index >= 15 is 4.39 Å². The maximum absolute atomic E-state index is 15.0. The quantitative estimate of drug-likeness (QED) is 0.681. The normalized spacial score (nSPS) is 27.2. The summed E-state index contributed by atoms with van der Waals surface area (Å²) in [6, 6.07) is 8.48. The minimum absolute atomic E-state index is 0.104. The number of rotatable bonds is 4. The number of benzene rings is 2. The van der Waals surface area contributed by atoms with Gasteiger partial charge in [-0.25, -0.2) is 8.78 Å². The number of nitrogens with two attached hydrogens (primary N) is 1. The van der Waals surface area contributed by atoms with Crippen LogP contribution in [0.3, 0.4) is 0 Å². The first kappa shape index (κ1) is 21.7. The number of hydrogen-bond donors (Lipinski definition) is 3. The van der Waals surface area contributed by atoms with E-state index in [2.05, 4.69) is 5.32 Å². The highest BCUT2D eigenvalue weighted by atomic mass is 35.5. The van der Waals surface area contributed by atoms with Crippen molar-refractivity contribution in [2.45, 2.75) is 50.7 Å². The highest BCUT2D eigenvalue weighted by Crippen LogP contribution is 2.49. The molecule has 1 aliphatic rings. The van der Waals surface area contributed by atoms with Gasteiger partial charge < -0.3 is 10.8 Å². The second-order valence-corrected chi connectivity index (χ2v) is 9.27. The minimum Gasteiger partial charge on any atom is -0.480 e. The molecule has 0 spiro atoms. The molecule has 0 aliphatic carbocycles. The van der Waals surface area contributed by atoms with Crippen molar-refractivity contribution in [2.24, 2.45) is 11.1 Å². The van der Waals surface area contributed by atoms with E-state index in [-0.39, 0.29) is 16.0 Å². The van der Waals surface area contributed by atoms with E-state index in [0.29, 0.717) is 12.0 Å². The van der Waals surface area contributed by atoms with Gasteiger partial charge in [-0.15, -0.1) is 0 Å². The second kappa shape index (κ2) is 7.67. The molecule has 1 saturated heterocycles. The number of aliphatic carboxylic acids is 1. The van der Waals surface area contributed by atoms with Gasteiger partial charge in [-0.05, 0) is 41.2 Å². The van der Waals surface area contributed by atoms with Gasteiger partial charge >= 0.3 is 5.97 Å². The van der Waals surface area contributed by atoms with Crippen molar-refractivity contribution in [3.63, 3.8) is 0 Å². The van der Waals surface area contributed by atoms with Crippen LogP contribution in [0.5, 0.6) is 0 Å². The molecule has 4 nitrogen and oxygen atoms in total. The van der Waals surface area contributed by atoms with Crippen LogP contribution in [0.4, 0.5) is 8.78 Å². The van der Waals surface area contributed by atoms with Crippen LogP contribution in [-0.4, -0.2) is 23.2 Å². The predicted octanol–water partition coefficient (Wildman–Crippen LogP) is 4.42. The van der Waals surface area contributed by atoms with Crippen molar-refractivity contribution in [1.29, 1.82) is 0 Å². The number of carbonyl (C=O) groups is 1. The van der Waals surface area contributed by atoms with E-state index in [1.807, 2.05) is 20.8 Å². The lowest BCUT2D eigenvalue weighted by Gasteiger charge is -2.39. The van der Waals surface area contributed by atoms with Gasteiger partial charge in [0.1, 0.15) is 17.7 Å². The van der Waals surface area contributed by atoms with E-state index in [9.17, 15) is 14.3 Å². The number of nitrogens with one attached hydrogen (secondary N) is 1. The van der Waals surface area contributed by atoms with Crippen molar-refractivity contribution in [3.05, 3.63) is 70.2 Å². The standard InChI is InChI=1S/C22H25ClF2N2O2/c1-21(2,3)11-16-22(26,12-7-9-13(24)10-8-12)17(19(27-16)20(28)29)14-5-4-6-15(23)18(14)25/h4-10,16-17,19,27H,11,26H2,1-3H3,(H,28,29)/t16-,17-,19+,22?/m0/s1. The molecule has 2 aromatic carbocycles. The van der Waals surface area contributed by atoms with Crippen LogP contribution < -0.4 is 11.1 Å². The SMILES string of the molecule is CC(C)(C)C[C@@H]1N[C@@H](C(=O)O)[C@H](c2cccc(Cl)c2F)C1(N)c1ccc(F)cc1. The Morgan fingerprint density at radius 2 is 1.83 bits per heavy atom. The van der Waals surface area contributed by atoms with Crippen LogP contribution in [0.25, 0.3) is 0 Å². The lowest BCUT2D eigenvalue weighted by atomic mass is 9.68. The maximum Gasteiger partial charge on any atom is 0.321 e. The monoisotopic (exact) mass is 422 g/mol. The lowest BCUT2D eigenvalue weighted by Crippen LogP contribution is -2.52. The van der Waals surface area contributed by atoms with E-state index in [1.165, 1.54) is 36.4 Å². The molecule has 0 bridgehead atoms. The Labute approximate surface area is 174 Å². The highest BCUT2D eigenvalue weighted by Gasteiger charge is 2.57. The molecule has 4 atom stereocenters. The number of carboxylic acid groups (broad SMARTS) is 1. The first-order valence-electron chi connectivity index (χ1n) is 9.43. The predicted molar refractivity (Wildman–Crippen MR) is 109 cm³/mol. The summed E-state index contributed by atoms with van der Waals surface area (Å²) in [4.78, 5) is 12.1. The fourth-order valence-corrected chi connectivity index (χ4v) is 4.50. The molecule has 4 N–H and O–H groups in total. The average molecular weight is 423 g/mol. The van der Waals surface area contributed by atoms with Gasteiger partial charge in [0.15, 0.2) is 0 Å². The molecule has 0 aromatic heterocycles. The van der Waals surface area contributed by atoms with Crippen LogP contribution in [0.1, 0.15) is 44.2 Å². The van der Waals surface area contributed by atoms with Crippen molar-refractivity contribution in [2.75, 3.05) is 0 Å². The zero-order valence-corrected chi connectivity index (χ0v) is 17.3. The smallest absolute Gasteiger partial charge is 0.321 e. The molecule has 3 rings (SSSR count). The first-order chi connectivity index (χ1) is 13.4. The Bertz CT molecular complexity index is 914. The summed E-state index contributed by atoms with van der Waals surface area (Å²) >= 11 is 5.99. The molecule has 1 fully saturated rings. The van der Waals surface area contributed by atoms with E-state index in [1.54, 1.807) is 6.07 Å². The van der Waals surface area contributed by atoms with Gasteiger partial charge in [-0.2, -0.15) is 0 Å². The van der Waals surface area contributed by atoms with Crippen LogP contribution in [0.15, 0.2) is 42.5 Å². The fourth-order valence-electron chi connectivity index (χ4n) is 4.31. The second-order valence-electron chi connectivity index (χ2n) is 8.86. The van der Waals surface area contributed by atoms with Crippen LogP contribution in [-0.2, 0) is 10.3 Å². The summed E-state index contributed by atoms with van der Waals surface area (Å²) in [5, 5.41) is 12.9. The van der Waals surface area contributed by atoms with Gasteiger partial charge in [0.2, 0.25) is 0 Å². The minimum atomic E-state index is -1.30. The third kappa shape index (κ3) is 4.02. The third-order valence-corrected chi connectivity index (χ3v) is 5.84. The van der Waals surface area contributed by atoms with E-state index in [4.69, 9.17) is 17.3 Å². The summed E-state index contributed by atoms with van der Waals surface area (Å²) < 4.78 is 28.6. The molecule has 156 valence electrons. The summed E-state index contributed by atoms with van der Waals surface area (Å²) in [7, 11) is 0. The van der Waals surface area contributed by atoms with Crippen LogP contribution in [0, 0.1) is 17.0 Å². The van der Waals surface area contributed by atoms with Crippen molar-refractivity contribution in [1.82, 2.24) is 5.32 Å². The third-order valence-electron chi connectivity index (χ3n) is 5.55. The lowest BCUT2D eigenvalue weighted by molar-refractivity contribution is -0.139. The fraction of sp³-hybridized carbons (Fsp3) is 0.409. The van der Waals surface area contributed by atoms with Crippen LogP contribution in [0.2, 0.25) is 5.02 Å².